The van der Waals surface area contributed by atoms with E-state index in [1.54, 1.807) is 13.2 Å². The number of methoxy groups -OCH3 is 1. The largest absolute Gasteiger partial charge is 0.493 e. The van der Waals surface area contributed by atoms with Gasteiger partial charge in [0.15, 0.2) is 11.5 Å². The fourth-order valence-corrected chi connectivity index (χ4v) is 2.98. The summed E-state index contributed by atoms with van der Waals surface area (Å²) < 4.78 is 16.2. The molecule has 0 radical (unpaired) electrons. The molecule has 0 unspecified atom stereocenters. The number of rotatable bonds is 5. The molecule has 6 nitrogen and oxygen atoms in total. The normalized spacial score (nSPS) is 16.6. The molecule has 0 bridgehead atoms. The number of hydrogen-bond donors (Lipinski definition) is 1. The van der Waals surface area contributed by atoms with Crippen LogP contribution >= 0.6 is 0 Å². The Morgan fingerprint density at radius 2 is 2.24 bits per heavy atom. The lowest BCUT2D eigenvalue weighted by Gasteiger charge is -2.15. The molecule has 0 aliphatic carbocycles. The number of ether oxygens (including phenoxy) is 2. The first-order valence-electron chi connectivity index (χ1n) is 8.18. The van der Waals surface area contributed by atoms with E-state index in [2.05, 4.69) is 11.1 Å². The van der Waals surface area contributed by atoms with Gasteiger partial charge in [0.05, 0.1) is 19.4 Å². The van der Waals surface area contributed by atoms with Crippen LogP contribution in [0.15, 0.2) is 30.3 Å². The van der Waals surface area contributed by atoms with Gasteiger partial charge in [-0.05, 0) is 37.5 Å². The maximum absolute atomic E-state index is 9.66. The van der Waals surface area contributed by atoms with Crippen LogP contribution in [0.3, 0.4) is 0 Å². The standard InChI is InChI=1S/C18H19BN2O4/c1-3-24-18-14(10-20)13(7-8-17(18)23-2)16-6-4-5-15(21-16)12-9-19(22)25-11-12/h4-8,12,22H,3,9,11H2,1-2H3/t12-/m1/s1. The maximum atomic E-state index is 9.66. The van der Waals surface area contributed by atoms with Crippen molar-refractivity contribution in [3.8, 4) is 28.8 Å². The predicted molar refractivity (Wildman–Crippen MR) is 93.6 cm³/mol. The first-order valence-corrected chi connectivity index (χ1v) is 8.18. The number of nitriles is 1. The Morgan fingerprint density at radius 1 is 1.40 bits per heavy atom. The average Bonchev–Trinajstić information content (AvgIpc) is 3.08. The highest BCUT2D eigenvalue weighted by Gasteiger charge is 2.30. The van der Waals surface area contributed by atoms with Gasteiger partial charge in [0.25, 0.3) is 0 Å². The van der Waals surface area contributed by atoms with Crippen LogP contribution in [-0.2, 0) is 4.65 Å². The van der Waals surface area contributed by atoms with Crippen molar-refractivity contribution in [2.24, 2.45) is 0 Å². The molecule has 1 aliphatic rings. The number of benzene rings is 1. The highest BCUT2D eigenvalue weighted by molar-refractivity contribution is 6.43. The summed E-state index contributed by atoms with van der Waals surface area (Å²) in [5.41, 5.74) is 2.60. The quantitative estimate of drug-likeness (QED) is 0.844. The molecule has 0 spiro atoms. The summed E-state index contributed by atoms with van der Waals surface area (Å²) in [7, 11) is 0.804. The van der Waals surface area contributed by atoms with Gasteiger partial charge in [0.1, 0.15) is 11.6 Å². The molecule has 2 aromatic rings. The number of hydrogen-bond acceptors (Lipinski definition) is 6. The van der Waals surface area contributed by atoms with Crippen LogP contribution in [0.1, 0.15) is 24.1 Å². The van der Waals surface area contributed by atoms with Crippen LogP contribution in [0.2, 0.25) is 6.32 Å². The summed E-state index contributed by atoms with van der Waals surface area (Å²) in [6.45, 7) is 2.73. The van der Waals surface area contributed by atoms with Crippen molar-refractivity contribution in [1.82, 2.24) is 4.98 Å². The molecule has 1 aliphatic heterocycles. The highest BCUT2D eigenvalue weighted by Crippen LogP contribution is 2.38. The van der Waals surface area contributed by atoms with Crippen molar-refractivity contribution < 1.29 is 19.2 Å². The average molecular weight is 338 g/mol. The van der Waals surface area contributed by atoms with Crippen molar-refractivity contribution >= 4 is 7.12 Å². The van der Waals surface area contributed by atoms with Crippen molar-refractivity contribution in [3.05, 3.63) is 41.6 Å². The Balaban J connectivity index is 2.05. The van der Waals surface area contributed by atoms with E-state index in [0.717, 1.165) is 5.69 Å². The van der Waals surface area contributed by atoms with Gasteiger partial charge in [-0.1, -0.05) is 6.07 Å². The van der Waals surface area contributed by atoms with E-state index in [4.69, 9.17) is 14.1 Å². The Kier molecular flexibility index (Phi) is 5.22. The second-order valence-electron chi connectivity index (χ2n) is 5.73. The molecule has 1 saturated heterocycles. The molecule has 1 aromatic carbocycles. The summed E-state index contributed by atoms with van der Waals surface area (Å²) in [4.78, 5) is 4.69. The van der Waals surface area contributed by atoms with Gasteiger partial charge in [-0.25, -0.2) is 0 Å². The molecule has 0 amide bonds. The van der Waals surface area contributed by atoms with E-state index in [9.17, 15) is 10.3 Å². The molecule has 1 atom stereocenters. The van der Waals surface area contributed by atoms with Gasteiger partial charge in [-0.15, -0.1) is 0 Å². The summed E-state index contributed by atoms with van der Waals surface area (Å²) in [5.74, 6) is 0.993. The van der Waals surface area contributed by atoms with Gasteiger partial charge in [0.2, 0.25) is 0 Å². The topological polar surface area (TPSA) is 84.6 Å². The van der Waals surface area contributed by atoms with Crippen molar-refractivity contribution in [3.63, 3.8) is 0 Å². The molecule has 1 aromatic heterocycles. The van der Waals surface area contributed by atoms with E-state index >= 15 is 0 Å². The second kappa shape index (κ2) is 7.56. The lowest BCUT2D eigenvalue weighted by Crippen LogP contribution is -2.08. The summed E-state index contributed by atoms with van der Waals surface area (Å²) in [6.07, 6.45) is 0.522. The third-order valence-corrected chi connectivity index (χ3v) is 4.18. The van der Waals surface area contributed by atoms with Crippen molar-refractivity contribution in [2.75, 3.05) is 20.3 Å². The van der Waals surface area contributed by atoms with Crippen molar-refractivity contribution in [1.29, 1.82) is 5.26 Å². The molecular formula is C18H19BN2O4. The Hall–Kier alpha value is -2.56. The summed E-state index contributed by atoms with van der Waals surface area (Å²) >= 11 is 0. The molecule has 1 fully saturated rings. The molecular weight excluding hydrogens is 319 g/mol. The molecule has 0 saturated carbocycles. The van der Waals surface area contributed by atoms with Gasteiger partial charge < -0.3 is 19.2 Å². The predicted octanol–water partition coefficient (Wildman–Crippen LogP) is 2.62. The van der Waals surface area contributed by atoms with Crippen LogP contribution in [-0.4, -0.2) is 37.4 Å². The molecule has 7 heteroatoms. The minimum absolute atomic E-state index is 0.0464. The number of nitrogens with zero attached hydrogens (tertiary/aromatic N) is 2. The zero-order valence-corrected chi connectivity index (χ0v) is 14.2. The Morgan fingerprint density at radius 3 is 2.88 bits per heavy atom. The fourth-order valence-electron chi connectivity index (χ4n) is 2.98. The van der Waals surface area contributed by atoms with Crippen LogP contribution in [0.5, 0.6) is 11.5 Å². The van der Waals surface area contributed by atoms with Gasteiger partial charge in [-0.3, -0.25) is 4.98 Å². The lowest BCUT2D eigenvalue weighted by atomic mass is 9.81. The zero-order chi connectivity index (χ0) is 17.8. The highest BCUT2D eigenvalue weighted by atomic mass is 16.5. The third-order valence-electron chi connectivity index (χ3n) is 4.18. The zero-order valence-electron chi connectivity index (χ0n) is 14.2. The number of pyridine rings is 1. The monoisotopic (exact) mass is 338 g/mol. The SMILES string of the molecule is CCOc1c(OC)ccc(-c2cccc([C@H]3COB(O)C3)n2)c1C#N. The van der Waals surface area contributed by atoms with E-state index < -0.39 is 7.12 Å². The summed E-state index contributed by atoms with van der Waals surface area (Å²) in [5, 5.41) is 19.2. The van der Waals surface area contributed by atoms with Gasteiger partial charge >= 0.3 is 7.12 Å². The van der Waals surface area contributed by atoms with Crippen molar-refractivity contribution in [2.45, 2.75) is 19.2 Å². The first-order chi connectivity index (χ1) is 12.2. The lowest BCUT2D eigenvalue weighted by molar-refractivity contribution is 0.291. The van der Waals surface area contributed by atoms with Crippen LogP contribution in [0.25, 0.3) is 11.3 Å². The minimum Gasteiger partial charge on any atom is -0.493 e. The maximum Gasteiger partial charge on any atom is 0.454 e. The molecule has 3 rings (SSSR count). The second-order valence-corrected chi connectivity index (χ2v) is 5.73. The fraction of sp³-hybridized carbons (Fsp3) is 0.333. The van der Waals surface area contributed by atoms with Crippen LogP contribution < -0.4 is 9.47 Å². The molecule has 2 heterocycles. The van der Waals surface area contributed by atoms with E-state index in [1.165, 1.54) is 0 Å². The van der Waals surface area contributed by atoms with Crippen LogP contribution in [0.4, 0.5) is 0 Å². The van der Waals surface area contributed by atoms with E-state index in [0.29, 0.717) is 47.9 Å². The van der Waals surface area contributed by atoms with E-state index in [-0.39, 0.29) is 5.92 Å². The van der Waals surface area contributed by atoms with Gasteiger partial charge in [0, 0.05) is 23.8 Å². The smallest absolute Gasteiger partial charge is 0.454 e. The number of aromatic nitrogens is 1. The van der Waals surface area contributed by atoms with Crippen LogP contribution in [0, 0.1) is 11.3 Å². The third kappa shape index (κ3) is 3.45. The molecule has 128 valence electrons. The van der Waals surface area contributed by atoms with E-state index in [1.807, 2.05) is 31.2 Å². The molecule has 1 N–H and O–H groups in total. The van der Waals surface area contributed by atoms with Gasteiger partial charge in [-0.2, -0.15) is 5.26 Å². The summed E-state index contributed by atoms with van der Waals surface area (Å²) in [6, 6.07) is 11.5. The Bertz CT molecular complexity index is 806. The molecule has 25 heavy (non-hydrogen) atoms. The minimum atomic E-state index is -0.740. The first kappa shape index (κ1) is 17.3. The Labute approximate surface area is 147 Å².